The molecule has 0 bridgehead atoms. The minimum absolute atomic E-state index is 0.131. The number of benzene rings is 1. The number of rotatable bonds is 3. The first-order valence-corrected chi connectivity index (χ1v) is 6.00. The van der Waals surface area contributed by atoms with Gasteiger partial charge in [0.15, 0.2) is 0 Å². The molecule has 1 nitrogen and oxygen atoms in total. The normalized spacial score (nSPS) is 19.3. The highest BCUT2D eigenvalue weighted by Crippen LogP contribution is 2.29. The first kappa shape index (κ1) is 10.7. The Kier molecular flexibility index (Phi) is 3.42. The summed E-state index contributed by atoms with van der Waals surface area (Å²) in [5.74, 6) is 0.546. The molecule has 0 heterocycles. The van der Waals surface area contributed by atoms with E-state index in [9.17, 15) is 5.11 Å². The quantitative estimate of drug-likeness (QED) is 0.802. The zero-order chi connectivity index (χ0) is 10.7. The van der Waals surface area contributed by atoms with E-state index in [1.54, 1.807) is 0 Å². The van der Waals surface area contributed by atoms with Crippen molar-refractivity contribution in [1.82, 2.24) is 0 Å². The lowest BCUT2D eigenvalue weighted by atomic mass is 9.93. The van der Waals surface area contributed by atoms with Gasteiger partial charge in [-0.25, -0.2) is 0 Å². The average molecular weight is 204 g/mol. The molecule has 1 aliphatic carbocycles. The van der Waals surface area contributed by atoms with Gasteiger partial charge >= 0.3 is 0 Å². The molecule has 1 heteroatoms. The Morgan fingerprint density at radius 1 is 1.27 bits per heavy atom. The Morgan fingerprint density at radius 2 is 1.93 bits per heavy atom. The number of hydrogen-bond acceptors (Lipinski definition) is 1. The van der Waals surface area contributed by atoms with Crippen molar-refractivity contribution in [2.75, 3.05) is 0 Å². The summed E-state index contributed by atoms with van der Waals surface area (Å²) in [7, 11) is 0. The molecule has 1 N–H and O–H groups in total. The zero-order valence-corrected chi connectivity index (χ0v) is 9.45. The van der Waals surface area contributed by atoms with Gasteiger partial charge < -0.3 is 5.11 Å². The molecular weight excluding hydrogens is 184 g/mol. The van der Waals surface area contributed by atoms with Crippen LogP contribution in [0.15, 0.2) is 24.3 Å². The summed E-state index contributed by atoms with van der Waals surface area (Å²) in [6, 6.07) is 8.37. The second-order valence-corrected chi connectivity index (χ2v) is 4.74. The molecule has 1 unspecified atom stereocenters. The smallest absolute Gasteiger partial charge is 0.0608 e. The third-order valence-electron chi connectivity index (χ3n) is 3.63. The number of aliphatic hydroxyl groups is 1. The van der Waals surface area contributed by atoms with E-state index >= 15 is 0 Å². The van der Waals surface area contributed by atoms with E-state index in [0.717, 1.165) is 6.42 Å². The highest BCUT2D eigenvalue weighted by Gasteiger charge is 2.23. The first-order valence-electron chi connectivity index (χ1n) is 6.00. The van der Waals surface area contributed by atoms with Gasteiger partial charge in [-0.15, -0.1) is 0 Å². The number of hydrogen-bond donors (Lipinski definition) is 1. The van der Waals surface area contributed by atoms with E-state index in [-0.39, 0.29) is 6.10 Å². The summed E-state index contributed by atoms with van der Waals surface area (Å²) in [4.78, 5) is 0. The topological polar surface area (TPSA) is 20.2 Å². The highest BCUT2D eigenvalue weighted by atomic mass is 16.3. The fraction of sp³-hybridized carbons (Fsp3) is 0.571. The summed E-state index contributed by atoms with van der Waals surface area (Å²) in [6.07, 6.45) is 5.73. The molecule has 1 atom stereocenters. The van der Waals surface area contributed by atoms with Gasteiger partial charge in [-0.2, -0.15) is 0 Å². The highest BCUT2D eigenvalue weighted by molar-refractivity contribution is 5.26. The third-order valence-corrected chi connectivity index (χ3v) is 3.63. The van der Waals surface area contributed by atoms with Crippen LogP contribution in [-0.4, -0.2) is 11.2 Å². The largest absolute Gasteiger partial charge is 0.392 e. The molecule has 0 spiro atoms. The molecule has 1 saturated carbocycles. The zero-order valence-electron chi connectivity index (χ0n) is 9.45. The fourth-order valence-electron chi connectivity index (χ4n) is 2.57. The van der Waals surface area contributed by atoms with Crippen LogP contribution in [0.1, 0.15) is 36.8 Å². The monoisotopic (exact) mass is 204 g/mol. The molecule has 15 heavy (non-hydrogen) atoms. The Morgan fingerprint density at radius 3 is 2.60 bits per heavy atom. The Bertz CT molecular complexity index is 313. The fourth-order valence-corrected chi connectivity index (χ4v) is 2.57. The van der Waals surface area contributed by atoms with Gasteiger partial charge in [-0.3, -0.25) is 0 Å². The van der Waals surface area contributed by atoms with Crippen LogP contribution >= 0.6 is 0 Å². The summed E-state index contributed by atoms with van der Waals surface area (Å²) in [5.41, 5.74) is 2.60. The van der Waals surface area contributed by atoms with Crippen molar-refractivity contribution >= 4 is 0 Å². The molecule has 0 aliphatic heterocycles. The molecule has 0 saturated heterocycles. The van der Waals surface area contributed by atoms with E-state index < -0.39 is 0 Å². The van der Waals surface area contributed by atoms with Crippen molar-refractivity contribution in [3.63, 3.8) is 0 Å². The van der Waals surface area contributed by atoms with Crippen molar-refractivity contribution in [3.8, 4) is 0 Å². The third kappa shape index (κ3) is 2.60. The van der Waals surface area contributed by atoms with Gasteiger partial charge in [0.25, 0.3) is 0 Å². The Hall–Kier alpha value is -0.820. The van der Waals surface area contributed by atoms with Crippen molar-refractivity contribution in [1.29, 1.82) is 0 Å². The molecule has 1 aromatic rings. The van der Waals surface area contributed by atoms with Crippen LogP contribution in [0.4, 0.5) is 0 Å². The van der Waals surface area contributed by atoms with Crippen LogP contribution in [0.3, 0.4) is 0 Å². The maximum atomic E-state index is 10.1. The van der Waals surface area contributed by atoms with E-state index in [1.165, 1.54) is 36.8 Å². The summed E-state index contributed by atoms with van der Waals surface area (Å²) in [6.45, 7) is 2.12. The maximum absolute atomic E-state index is 10.1. The molecule has 0 amide bonds. The summed E-state index contributed by atoms with van der Waals surface area (Å²) in [5, 5.41) is 10.1. The van der Waals surface area contributed by atoms with Crippen LogP contribution in [0, 0.1) is 12.8 Å². The van der Waals surface area contributed by atoms with E-state index in [2.05, 4.69) is 31.2 Å². The first-order chi connectivity index (χ1) is 7.27. The van der Waals surface area contributed by atoms with Crippen LogP contribution in [0.25, 0.3) is 0 Å². The van der Waals surface area contributed by atoms with Crippen molar-refractivity contribution in [3.05, 3.63) is 35.4 Å². The predicted octanol–water partition coefficient (Wildman–Crippen LogP) is 3.09. The predicted molar refractivity (Wildman–Crippen MR) is 62.8 cm³/mol. The second-order valence-electron chi connectivity index (χ2n) is 4.74. The molecule has 2 rings (SSSR count). The van der Waals surface area contributed by atoms with Crippen LogP contribution in [0.2, 0.25) is 0 Å². The average Bonchev–Trinajstić information content (AvgIpc) is 2.74. The molecule has 1 aromatic carbocycles. The number of aliphatic hydroxyl groups excluding tert-OH is 1. The lowest BCUT2D eigenvalue weighted by Gasteiger charge is -2.18. The van der Waals surface area contributed by atoms with Gasteiger partial charge in [-0.1, -0.05) is 37.1 Å². The minimum Gasteiger partial charge on any atom is -0.392 e. The Labute approximate surface area is 92.1 Å². The van der Waals surface area contributed by atoms with Gasteiger partial charge in [-0.05, 0) is 43.2 Å². The lowest BCUT2D eigenvalue weighted by Crippen LogP contribution is -2.20. The van der Waals surface area contributed by atoms with Crippen molar-refractivity contribution < 1.29 is 5.11 Å². The molecule has 1 fully saturated rings. The van der Waals surface area contributed by atoms with Gasteiger partial charge in [0, 0.05) is 0 Å². The molecular formula is C14H20O. The molecule has 0 radical (unpaired) electrons. The molecule has 82 valence electrons. The SMILES string of the molecule is Cc1ccccc1CC(O)C1CCCC1. The van der Waals surface area contributed by atoms with Crippen LogP contribution in [-0.2, 0) is 6.42 Å². The van der Waals surface area contributed by atoms with Crippen LogP contribution < -0.4 is 0 Å². The summed E-state index contributed by atoms with van der Waals surface area (Å²) < 4.78 is 0. The van der Waals surface area contributed by atoms with Crippen molar-refractivity contribution in [2.45, 2.75) is 45.1 Å². The second kappa shape index (κ2) is 4.80. The lowest BCUT2D eigenvalue weighted by molar-refractivity contribution is 0.111. The van der Waals surface area contributed by atoms with Gasteiger partial charge in [0.1, 0.15) is 0 Å². The molecule has 0 aromatic heterocycles. The van der Waals surface area contributed by atoms with E-state index in [4.69, 9.17) is 0 Å². The Balaban J connectivity index is 1.99. The van der Waals surface area contributed by atoms with Gasteiger partial charge in [0.05, 0.1) is 6.10 Å². The summed E-state index contributed by atoms with van der Waals surface area (Å²) >= 11 is 0. The minimum atomic E-state index is -0.131. The maximum Gasteiger partial charge on any atom is 0.0608 e. The van der Waals surface area contributed by atoms with E-state index in [0.29, 0.717) is 5.92 Å². The van der Waals surface area contributed by atoms with Crippen LogP contribution in [0.5, 0.6) is 0 Å². The van der Waals surface area contributed by atoms with Gasteiger partial charge in [0.2, 0.25) is 0 Å². The number of aryl methyl sites for hydroxylation is 1. The standard InChI is InChI=1S/C14H20O/c1-11-6-2-3-9-13(11)10-14(15)12-7-4-5-8-12/h2-3,6,9,12,14-15H,4-5,7-8,10H2,1H3. The van der Waals surface area contributed by atoms with E-state index in [1.807, 2.05) is 0 Å². The molecule has 1 aliphatic rings. The van der Waals surface area contributed by atoms with Crippen molar-refractivity contribution in [2.24, 2.45) is 5.92 Å².